The minimum atomic E-state index is -4.17. The number of halogens is 1. The van der Waals surface area contributed by atoms with Gasteiger partial charge in [-0.05, 0) is 42.8 Å². The van der Waals surface area contributed by atoms with Crippen LogP contribution in [0.5, 0.6) is 17.2 Å². The van der Waals surface area contributed by atoms with Gasteiger partial charge in [0.05, 0.1) is 19.0 Å². The molecule has 4 aromatic rings. The van der Waals surface area contributed by atoms with E-state index in [9.17, 15) is 8.42 Å². The van der Waals surface area contributed by atoms with E-state index in [1.165, 1.54) is 31.8 Å². The summed E-state index contributed by atoms with van der Waals surface area (Å²) in [4.78, 5) is 16.9. The van der Waals surface area contributed by atoms with Crippen molar-refractivity contribution in [1.82, 2.24) is 25.5 Å². The summed E-state index contributed by atoms with van der Waals surface area (Å²) in [6, 6.07) is 13.0. The molecule has 0 spiro atoms. The number of benzene rings is 1. The second-order valence-corrected chi connectivity index (χ2v) is 9.39. The molecular weight excluding hydrogens is 520 g/mol. The van der Waals surface area contributed by atoms with E-state index in [-0.39, 0.29) is 33.3 Å². The molecule has 4 rings (SSSR count). The monoisotopic (exact) mass is 540 g/mol. The van der Waals surface area contributed by atoms with Gasteiger partial charge in [-0.3, -0.25) is 9.71 Å². The number of hydrazone groups is 1. The number of sulfonamides is 1. The maximum atomic E-state index is 13.2. The Hall–Kier alpha value is -4.33. The number of hydrogen-bond acceptors (Lipinski definition) is 11. The van der Waals surface area contributed by atoms with Gasteiger partial charge in [-0.25, -0.2) is 26.3 Å². The number of nitrogens with two attached hydrogens (primary N) is 1. The van der Waals surface area contributed by atoms with Gasteiger partial charge in [-0.15, -0.1) is 0 Å². The number of nitrogens with zero attached hydrogens (tertiary/aromatic N) is 5. The van der Waals surface area contributed by atoms with Crippen molar-refractivity contribution in [1.29, 1.82) is 0 Å². The van der Waals surface area contributed by atoms with Crippen LogP contribution < -0.4 is 25.6 Å². The number of rotatable bonds is 9. The highest BCUT2D eigenvalue weighted by Crippen LogP contribution is 2.40. The molecule has 14 heteroatoms. The lowest BCUT2D eigenvalue weighted by Crippen LogP contribution is -2.17. The molecule has 0 aliphatic carbocycles. The molecule has 4 N–H and O–H groups in total. The molecule has 3 aromatic heterocycles. The van der Waals surface area contributed by atoms with Crippen LogP contribution in [0.25, 0.3) is 11.4 Å². The summed E-state index contributed by atoms with van der Waals surface area (Å²) < 4.78 is 40.0. The zero-order valence-corrected chi connectivity index (χ0v) is 21.2. The summed E-state index contributed by atoms with van der Waals surface area (Å²) in [5, 5.41) is 3.36. The second kappa shape index (κ2) is 11.2. The number of hydrogen-bond donors (Lipinski definition) is 3. The maximum Gasteiger partial charge on any atom is 0.280 e. The van der Waals surface area contributed by atoms with Crippen molar-refractivity contribution in [3.63, 3.8) is 0 Å². The average Bonchev–Trinajstić information content (AvgIpc) is 2.89. The smallest absolute Gasteiger partial charge is 0.280 e. The molecule has 0 atom stereocenters. The van der Waals surface area contributed by atoms with Gasteiger partial charge in [0.2, 0.25) is 5.75 Å². The van der Waals surface area contributed by atoms with Crippen molar-refractivity contribution >= 4 is 33.7 Å². The molecule has 0 radical (unpaired) electrons. The summed E-state index contributed by atoms with van der Waals surface area (Å²) in [6.45, 7) is 1.80. The molecule has 0 fully saturated rings. The van der Waals surface area contributed by atoms with Crippen molar-refractivity contribution in [2.75, 3.05) is 11.8 Å². The first-order valence-corrected chi connectivity index (χ1v) is 12.5. The van der Waals surface area contributed by atoms with E-state index in [1.54, 1.807) is 49.4 Å². The average molecular weight is 541 g/mol. The van der Waals surface area contributed by atoms with Crippen LogP contribution in [0.2, 0.25) is 5.15 Å². The Morgan fingerprint density at radius 1 is 1.08 bits per heavy atom. The van der Waals surface area contributed by atoms with Gasteiger partial charge >= 0.3 is 0 Å². The fraction of sp³-hybridized carbons (Fsp3) is 0.0870. The predicted octanol–water partition coefficient (Wildman–Crippen LogP) is 3.29. The highest BCUT2D eigenvalue weighted by atomic mass is 35.5. The Balaban J connectivity index is 1.83. The van der Waals surface area contributed by atoms with E-state index < -0.39 is 10.0 Å². The minimum absolute atomic E-state index is 0.102. The van der Waals surface area contributed by atoms with Gasteiger partial charge in [0, 0.05) is 18.0 Å². The SMILES string of the molecule is COc1ccccc1Oc1c(Cl)nc(-c2ccnc(C=NNN)c2)nc1NS(=O)(=O)c1ccc(C)cn1. The van der Waals surface area contributed by atoms with E-state index in [0.29, 0.717) is 17.0 Å². The lowest BCUT2D eigenvalue weighted by atomic mass is 10.2. The highest BCUT2D eigenvalue weighted by Gasteiger charge is 2.24. The summed E-state index contributed by atoms with van der Waals surface area (Å²) >= 11 is 6.51. The Kier molecular flexibility index (Phi) is 7.77. The maximum absolute atomic E-state index is 13.2. The topological polar surface area (TPSA) is 167 Å². The normalized spacial score (nSPS) is 11.4. The van der Waals surface area contributed by atoms with Gasteiger partial charge < -0.3 is 9.47 Å². The van der Waals surface area contributed by atoms with E-state index in [2.05, 4.69) is 35.3 Å². The molecule has 0 saturated carbocycles. The lowest BCUT2D eigenvalue weighted by molar-refractivity contribution is 0.378. The number of anilines is 1. The van der Waals surface area contributed by atoms with Crippen molar-refractivity contribution in [2.45, 2.75) is 11.9 Å². The molecule has 0 aliphatic heterocycles. The molecule has 1 aromatic carbocycles. The Bertz CT molecular complexity index is 1550. The first kappa shape index (κ1) is 25.8. The van der Waals surface area contributed by atoms with E-state index in [0.717, 1.165) is 5.56 Å². The Labute approximate surface area is 217 Å². The number of ether oxygens (including phenoxy) is 2. The number of hydrazine groups is 1. The number of aromatic nitrogens is 4. The number of pyridine rings is 2. The van der Waals surface area contributed by atoms with Crippen LogP contribution in [0.1, 0.15) is 11.3 Å². The molecule has 0 amide bonds. The van der Waals surface area contributed by atoms with Crippen molar-refractivity contribution in [3.05, 3.63) is 77.3 Å². The van der Waals surface area contributed by atoms with Crippen LogP contribution in [-0.4, -0.2) is 41.7 Å². The first-order valence-electron chi connectivity index (χ1n) is 10.6. The van der Waals surface area contributed by atoms with Crippen LogP contribution in [-0.2, 0) is 10.0 Å². The standard InChI is InChI=1S/C23H21ClN8O4S/c1-14-7-8-19(27-12-14)37(33,34)31-23-20(36-18-6-4-3-5-17(18)35-2)21(24)29-22(30-23)15-9-10-26-16(11-15)13-28-32-25/h3-13,32H,25H2,1-2H3,(H,29,30,31). The summed E-state index contributed by atoms with van der Waals surface area (Å²) in [6.07, 6.45) is 4.33. The minimum Gasteiger partial charge on any atom is -0.493 e. The molecule has 12 nitrogen and oxygen atoms in total. The number of aryl methyl sites for hydroxylation is 1. The zero-order valence-electron chi connectivity index (χ0n) is 19.6. The third kappa shape index (κ3) is 6.09. The zero-order chi connectivity index (χ0) is 26.4. The van der Waals surface area contributed by atoms with Crippen LogP contribution in [0.4, 0.5) is 5.82 Å². The summed E-state index contributed by atoms with van der Waals surface area (Å²) in [7, 11) is -2.70. The van der Waals surface area contributed by atoms with Crippen molar-refractivity contribution < 1.29 is 17.9 Å². The van der Waals surface area contributed by atoms with Crippen LogP contribution >= 0.6 is 11.6 Å². The third-order valence-electron chi connectivity index (χ3n) is 4.81. The lowest BCUT2D eigenvalue weighted by Gasteiger charge is -2.16. The summed E-state index contributed by atoms with van der Waals surface area (Å²) in [5.41, 5.74) is 3.87. The fourth-order valence-electron chi connectivity index (χ4n) is 3.08. The molecule has 37 heavy (non-hydrogen) atoms. The van der Waals surface area contributed by atoms with E-state index in [1.807, 2.05) is 0 Å². The van der Waals surface area contributed by atoms with E-state index >= 15 is 0 Å². The third-order valence-corrected chi connectivity index (χ3v) is 6.32. The molecule has 0 bridgehead atoms. The molecular formula is C23H21ClN8O4S. The van der Waals surface area contributed by atoms with Crippen LogP contribution in [0, 0.1) is 6.92 Å². The number of methoxy groups -OCH3 is 1. The van der Waals surface area contributed by atoms with Crippen molar-refractivity contribution in [2.24, 2.45) is 10.9 Å². The molecule has 0 unspecified atom stereocenters. The van der Waals surface area contributed by atoms with Crippen LogP contribution in [0.3, 0.4) is 0 Å². The predicted molar refractivity (Wildman–Crippen MR) is 138 cm³/mol. The van der Waals surface area contributed by atoms with Gasteiger partial charge in [0.15, 0.2) is 33.3 Å². The van der Waals surface area contributed by atoms with Crippen LogP contribution in [0.15, 0.2) is 71.1 Å². The van der Waals surface area contributed by atoms with Gasteiger partial charge in [-0.2, -0.15) is 13.5 Å². The van der Waals surface area contributed by atoms with Gasteiger partial charge in [0.25, 0.3) is 10.0 Å². The van der Waals surface area contributed by atoms with E-state index in [4.69, 9.17) is 26.9 Å². The Morgan fingerprint density at radius 2 is 1.86 bits per heavy atom. The number of nitrogens with one attached hydrogen (secondary N) is 2. The number of para-hydroxylation sites is 2. The highest BCUT2D eigenvalue weighted by molar-refractivity contribution is 7.92. The van der Waals surface area contributed by atoms with Crippen molar-refractivity contribution in [3.8, 4) is 28.6 Å². The molecule has 190 valence electrons. The molecule has 3 heterocycles. The quantitative estimate of drug-likeness (QED) is 0.124. The fourth-order valence-corrected chi connectivity index (χ4v) is 4.22. The van der Waals surface area contributed by atoms with Gasteiger partial charge in [0.1, 0.15) is 0 Å². The molecule has 0 aliphatic rings. The first-order chi connectivity index (χ1) is 17.8. The Morgan fingerprint density at radius 3 is 2.57 bits per heavy atom. The summed E-state index contributed by atoms with van der Waals surface area (Å²) in [5.74, 6) is 5.60. The second-order valence-electron chi connectivity index (χ2n) is 7.40. The molecule has 0 saturated heterocycles. The largest absolute Gasteiger partial charge is 0.493 e. The van der Waals surface area contributed by atoms with Gasteiger partial charge in [-0.1, -0.05) is 29.8 Å².